The van der Waals surface area contributed by atoms with Crippen LogP contribution in [-0.4, -0.2) is 41.3 Å². The minimum absolute atomic E-state index is 0.0145. The average molecular weight is 340 g/mol. The van der Waals surface area contributed by atoms with Gasteiger partial charge in [-0.2, -0.15) is 0 Å². The van der Waals surface area contributed by atoms with Gasteiger partial charge in [-0.1, -0.05) is 12.1 Å². The Balaban J connectivity index is 2.11. The number of nitrogens with two attached hydrogens (primary N) is 1. The van der Waals surface area contributed by atoms with Crippen LogP contribution in [-0.2, 0) is 11.2 Å². The quantitative estimate of drug-likeness (QED) is 0.759. The minimum atomic E-state index is -0.638. The third kappa shape index (κ3) is 2.78. The van der Waals surface area contributed by atoms with Crippen LogP contribution >= 0.6 is 0 Å². The van der Waals surface area contributed by atoms with Crippen molar-refractivity contribution in [1.29, 1.82) is 0 Å². The van der Waals surface area contributed by atoms with Crippen molar-refractivity contribution in [3.05, 3.63) is 57.4 Å². The largest absolute Gasteiger partial charge is 0.384 e. The molecular weight excluding hydrogens is 324 g/mol. The molecule has 1 aromatic carbocycles. The van der Waals surface area contributed by atoms with Gasteiger partial charge in [-0.3, -0.25) is 29.1 Å². The topological polar surface area (TPSA) is 114 Å². The van der Waals surface area contributed by atoms with Gasteiger partial charge >= 0.3 is 0 Å². The number of likely N-dealkylation sites (N-methyl/N-ethyl adjacent to an activating group) is 1. The summed E-state index contributed by atoms with van der Waals surface area (Å²) in [4.78, 5) is 49.3. The number of rotatable bonds is 3. The summed E-state index contributed by atoms with van der Waals surface area (Å²) in [5, 5.41) is 2.12. The van der Waals surface area contributed by atoms with Crippen LogP contribution in [0.15, 0.2) is 35.1 Å². The zero-order valence-electron chi connectivity index (χ0n) is 13.7. The van der Waals surface area contributed by atoms with Crippen molar-refractivity contribution in [2.45, 2.75) is 6.42 Å². The van der Waals surface area contributed by atoms with E-state index in [2.05, 4.69) is 5.32 Å². The number of nitrogen functional groups attached to an aromatic ring is 1. The molecule has 0 saturated heterocycles. The van der Waals surface area contributed by atoms with Gasteiger partial charge in [0.1, 0.15) is 5.82 Å². The number of anilines is 1. The molecule has 0 saturated carbocycles. The maximum Gasteiger partial charge on any atom is 0.262 e. The summed E-state index contributed by atoms with van der Waals surface area (Å²) < 4.78 is 1.15. The van der Waals surface area contributed by atoms with Gasteiger partial charge in [0.05, 0.1) is 23.2 Å². The van der Waals surface area contributed by atoms with Crippen LogP contribution in [0.5, 0.6) is 0 Å². The lowest BCUT2D eigenvalue weighted by Crippen LogP contribution is -2.25. The van der Waals surface area contributed by atoms with Gasteiger partial charge in [-0.15, -0.1) is 0 Å². The first kappa shape index (κ1) is 16.4. The van der Waals surface area contributed by atoms with E-state index in [9.17, 15) is 19.2 Å². The molecule has 8 heteroatoms. The number of aromatic nitrogens is 1. The van der Waals surface area contributed by atoms with Gasteiger partial charge in [0, 0.05) is 20.2 Å². The van der Waals surface area contributed by atoms with Gasteiger partial charge in [0.25, 0.3) is 17.4 Å². The van der Waals surface area contributed by atoms with Gasteiger partial charge in [0.2, 0.25) is 5.91 Å². The summed E-state index contributed by atoms with van der Waals surface area (Å²) in [5.74, 6) is -1.47. The maximum atomic E-state index is 12.4. The number of imide groups is 1. The summed E-state index contributed by atoms with van der Waals surface area (Å²) in [7, 11) is 3.32. The molecule has 0 atom stereocenters. The van der Waals surface area contributed by atoms with Crippen LogP contribution in [0.4, 0.5) is 5.82 Å². The van der Waals surface area contributed by atoms with E-state index in [1.165, 1.54) is 4.90 Å². The number of pyridine rings is 1. The van der Waals surface area contributed by atoms with Crippen molar-refractivity contribution in [3.8, 4) is 5.69 Å². The monoisotopic (exact) mass is 340 g/mol. The fraction of sp³-hybridized carbons (Fsp3) is 0.176. The zero-order valence-corrected chi connectivity index (χ0v) is 13.7. The highest BCUT2D eigenvalue weighted by Gasteiger charge is 2.31. The first-order chi connectivity index (χ1) is 11.8. The molecule has 1 aliphatic rings. The van der Waals surface area contributed by atoms with Gasteiger partial charge in [-0.05, 0) is 17.7 Å². The van der Waals surface area contributed by atoms with Crippen LogP contribution < -0.4 is 16.6 Å². The highest BCUT2D eigenvalue weighted by atomic mass is 16.2. The maximum absolute atomic E-state index is 12.4. The number of nitrogens with zero attached hydrogens (tertiary/aromatic N) is 2. The Morgan fingerprint density at radius 1 is 1.16 bits per heavy atom. The standard InChI is InChI=1S/C17H16N4O4/c1-20(2)12(22)7-9-4-3-5-10(6-9)21-13(23)8-11-14(15(21)18)17(25)19-16(11)24/h3-6,8H,7,18H2,1-2H3,(H,19,24,25). The van der Waals surface area contributed by atoms with Crippen LogP contribution in [0.25, 0.3) is 5.69 Å². The summed E-state index contributed by atoms with van der Waals surface area (Å²) >= 11 is 0. The summed E-state index contributed by atoms with van der Waals surface area (Å²) in [6, 6.07) is 7.83. The Hall–Kier alpha value is -3.42. The molecule has 2 aromatic rings. The molecule has 0 radical (unpaired) electrons. The first-order valence-corrected chi connectivity index (χ1v) is 7.50. The summed E-state index contributed by atoms with van der Waals surface area (Å²) in [5.41, 5.74) is 6.54. The average Bonchev–Trinajstić information content (AvgIpc) is 2.82. The summed E-state index contributed by atoms with van der Waals surface area (Å²) in [6.45, 7) is 0. The SMILES string of the molecule is CN(C)C(=O)Cc1cccc(-n2c(N)c3c(cc2=O)C(=O)NC3=O)c1. The van der Waals surface area contributed by atoms with E-state index in [-0.39, 0.29) is 29.3 Å². The van der Waals surface area contributed by atoms with Crippen LogP contribution in [0.1, 0.15) is 26.3 Å². The van der Waals surface area contributed by atoms with Gasteiger partial charge in [0.15, 0.2) is 0 Å². The second-order valence-corrected chi connectivity index (χ2v) is 5.91. The molecular formula is C17H16N4O4. The molecule has 0 fully saturated rings. The van der Waals surface area contributed by atoms with E-state index in [4.69, 9.17) is 5.73 Å². The highest BCUT2D eigenvalue weighted by Crippen LogP contribution is 2.23. The zero-order chi connectivity index (χ0) is 18.3. The molecule has 3 rings (SSSR count). The van der Waals surface area contributed by atoms with E-state index in [1.807, 2.05) is 0 Å². The Bertz CT molecular complexity index is 975. The van der Waals surface area contributed by atoms with E-state index < -0.39 is 17.4 Å². The van der Waals surface area contributed by atoms with Crippen molar-refractivity contribution in [2.75, 3.05) is 19.8 Å². The first-order valence-electron chi connectivity index (χ1n) is 7.50. The molecule has 3 amide bonds. The Morgan fingerprint density at radius 2 is 1.88 bits per heavy atom. The number of amides is 3. The molecule has 1 aromatic heterocycles. The fourth-order valence-corrected chi connectivity index (χ4v) is 2.68. The van der Waals surface area contributed by atoms with Crippen LogP contribution in [0, 0.1) is 0 Å². The number of carbonyl (C=O) groups is 3. The van der Waals surface area contributed by atoms with Crippen molar-refractivity contribution < 1.29 is 14.4 Å². The molecule has 0 unspecified atom stereocenters. The van der Waals surface area contributed by atoms with Crippen molar-refractivity contribution in [1.82, 2.24) is 14.8 Å². The lowest BCUT2D eigenvalue weighted by atomic mass is 10.1. The summed E-state index contributed by atoms with van der Waals surface area (Å²) in [6.07, 6.45) is 0.166. The normalized spacial score (nSPS) is 12.7. The predicted octanol–water partition coefficient (Wildman–Crippen LogP) is -0.0660. The Morgan fingerprint density at radius 3 is 2.56 bits per heavy atom. The molecule has 0 bridgehead atoms. The molecule has 0 spiro atoms. The van der Waals surface area contributed by atoms with E-state index in [0.717, 1.165) is 10.6 Å². The Labute approximate surface area is 142 Å². The number of hydrogen-bond donors (Lipinski definition) is 2. The number of benzene rings is 1. The lowest BCUT2D eigenvalue weighted by Gasteiger charge is -2.14. The van der Waals surface area contributed by atoms with E-state index in [1.54, 1.807) is 38.4 Å². The van der Waals surface area contributed by atoms with Crippen LogP contribution in [0.3, 0.4) is 0 Å². The molecule has 1 aliphatic heterocycles. The fourth-order valence-electron chi connectivity index (χ4n) is 2.68. The third-order valence-corrected chi connectivity index (χ3v) is 3.98. The van der Waals surface area contributed by atoms with Crippen molar-refractivity contribution in [3.63, 3.8) is 0 Å². The van der Waals surface area contributed by atoms with Crippen molar-refractivity contribution in [2.24, 2.45) is 0 Å². The molecule has 128 valence electrons. The second kappa shape index (κ2) is 5.90. The van der Waals surface area contributed by atoms with Gasteiger partial charge in [-0.25, -0.2) is 0 Å². The number of carbonyl (C=O) groups excluding carboxylic acids is 3. The number of nitrogens with one attached hydrogen (secondary N) is 1. The van der Waals surface area contributed by atoms with Gasteiger partial charge < -0.3 is 10.6 Å². The number of hydrogen-bond acceptors (Lipinski definition) is 5. The molecule has 25 heavy (non-hydrogen) atoms. The van der Waals surface area contributed by atoms with Crippen molar-refractivity contribution >= 4 is 23.5 Å². The highest BCUT2D eigenvalue weighted by molar-refractivity contribution is 6.23. The van der Waals surface area contributed by atoms with E-state index >= 15 is 0 Å². The molecule has 8 nitrogen and oxygen atoms in total. The Kier molecular flexibility index (Phi) is 3.88. The molecule has 3 N–H and O–H groups in total. The molecule has 0 aliphatic carbocycles. The third-order valence-electron chi connectivity index (χ3n) is 3.98. The number of fused-ring (bicyclic) bond motifs is 1. The second-order valence-electron chi connectivity index (χ2n) is 5.91. The van der Waals surface area contributed by atoms with Crippen LogP contribution in [0.2, 0.25) is 0 Å². The lowest BCUT2D eigenvalue weighted by molar-refractivity contribution is -0.127. The molecule has 2 heterocycles. The predicted molar refractivity (Wildman–Crippen MR) is 90.6 cm³/mol. The smallest absolute Gasteiger partial charge is 0.262 e. The minimum Gasteiger partial charge on any atom is -0.384 e. The van der Waals surface area contributed by atoms with E-state index in [0.29, 0.717) is 11.3 Å².